The Labute approximate surface area is 115 Å². The molecule has 0 aliphatic rings. The first-order chi connectivity index (χ1) is 8.31. The van der Waals surface area contributed by atoms with Crippen LogP contribution < -0.4 is 5.32 Å². The molecule has 3 nitrogen and oxygen atoms in total. The molecule has 0 saturated heterocycles. The van der Waals surface area contributed by atoms with Gasteiger partial charge in [-0.05, 0) is 38.0 Å². The number of carbonyl (C=O) groups is 1. The third kappa shape index (κ3) is 3.09. The van der Waals surface area contributed by atoms with E-state index in [0.717, 1.165) is 6.42 Å². The van der Waals surface area contributed by atoms with Crippen LogP contribution in [-0.2, 0) is 10.3 Å². The van der Waals surface area contributed by atoms with Crippen LogP contribution in [0.4, 0.5) is 4.39 Å². The number of hydrogen-bond donors (Lipinski definition) is 2. The predicted octanol–water partition coefficient (Wildman–Crippen LogP) is 3.28. The molecule has 0 saturated carbocycles. The molecule has 0 aliphatic carbocycles. The number of hydrogen-bond acceptors (Lipinski definition) is 2. The normalized spacial score (nSPS) is 16.1. The van der Waals surface area contributed by atoms with E-state index in [0.29, 0.717) is 10.0 Å². The maximum absolute atomic E-state index is 13.1. The zero-order valence-corrected chi connectivity index (χ0v) is 12.2. The Morgan fingerprint density at radius 1 is 1.61 bits per heavy atom. The number of halogens is 2. The lowest BCUT2D eigenvalue weighted by Gasteiger charge is -2.31. The molecule has 100 valence electrons. The molecular weight excluding hydrogens is 301 g/mol. The molecular formula is C13H17BrFNO2. The van der Waals surface area contributed by atoms with Crippen molar-refractivity contribution in [3.8, 4) is 0 Å². The zero-order chi connectivity index (χ0) is 13.9. The van der Waals surface area contributed by atoms with E-state index >= 15 is 0 Å². The zero-order valence-electron chi connectivity index (χ0n) is 10.6. The average Bonchev–Trinajstić information content (AvgIpc) is 2.28. The highest BCUT2D eigenvalue weighted by molar-refractivity contribution is 9.10. The van der Waals surface area contributed by atoms with Gasteiger partial charge in [0.2, 0.25) is 0 Å². The Morgan fingerprint density at radius 3 is 2.67 bits per heavy atom. The second-order valence-electron chi connectivity index (χ2n) is 4.51. The van der Waals surface area contributed by atoms with Crippen LogP contribution in [0.2, 0.25) is 0 Å². The number of benzene rings is 1. The van der Waals surface area contributed by atoms with Gasteiger partial charge in [0, 0.05) is 10.5 Å². The second kappa shape index (κ2) is 5.80. The maximum Gasteiger partial charge on any atom is 0.328 e. The number of carboxylic acids is 1. The smallest absolute Gasteiger partial charge is 0.328 e. The van der Waals surface area contributed by atoms with Gasteiger partial charge in [0.05, 0.1) is 0 Å². The van der Waals surface area contributed by atoms with E-state index in [1.54, 1.807) is 6.92 Å². The summed E-state index contributed by atoms with van der Waals surface area (Å²) < 4.78 is 13.5. The van der Waals surface area contributed by atoms with Crippen molar-refractivity contribution >= 4 is 21.9 Å². The van der Waals surface area contributed by atoms with E-state index in [1.165, 1.54) is 18.2 Å². The molecule has 0 amide bonds. The third-order valence-electron chi connectivity index (χ3n) is 3.04. The molecule has 2 N–H and O–H groups in total. The molecule has 0 radical (unpaired) electrons. The Bertz CT molecular complexity index is 453. The summed E-state index contributed by atoms with van der Waals surface area (Å²) >= 11 is 3.22. The fraction of sp³-hybridized carbons (Fsp3) is 0.462. The summed E-state index contributed by atoms with van der Waals surface area (Å²) in [4.78, 5) is 11.5. The summed E-state index contributed by atoms with van der Waals surface area (Å²) in [5.74, 6) is -1.39. The lowest BCUT2D eigenvalue weighted by atomic mass is 9.91. The van der Waals surface area contributed by atoms with Gasteiger partial charge >= 0.3 is 5.97 Å². The first kappa shape index (κ1) is 15.1. The van der Waals surface area contributed by atoms with Crippen LogP contribution in [0.1, 0.15) is 32.8 Å². The molecule has 0 spiro atoms. The molecule has 0 aliphatic heterocycles. The Kier molecular flexibility index (Phi) is 4.87. The standard InChI is InChI=1S/C13H17BrFNO2/c1-4-8(2)16-13(3,12(17)18)10-6-5-9(15)7-11(10)14/h5-8,16H,4H2,1-3H3,(H,17,18). The minimum Gasteiger partial charge on any atom is -0.480 e. The molecule has 18 heavy (non-hydrogen) atoms. The highest BCUT2D eigenvalue weighted by Gasteiger charge is 2.37. The van der Waals surface area contributed by atoms with Crippen molar-refractivity contribution in [1.82, 2.24) is 5.32 Å². The summed E-state index contributed by atoms with van der Waals surface area (Å²) in [7, 11) is 0. The monoisotopic (exact) mass is 317 g/mol. The van der Waals surface area contributed by atoms with E-state index < -0.39 is 17.3 Å². The van der Waals surface area contributed by atoms with Gasteiger partial charge in [-0.3, -0.25) is 5.32 Å². The van der Waals surface area contributed by atoms with Crippen LogP contribution in [0, 0.1) is 5.82 Å². The van der Waals surface area contributed by atoms with E-state index in [9.17, 15) is 14.3 Å². The summed E-state index contributed by atoms with van der Waals surface area (Å²) in [6, 6.07) is 4.07. The van der Waals surface area contributed by atoms with Crippen molar-refractivity contribution < 1.29 is 14.3 Å². The molecule has 1 aromatic carbocycles. The van der Waals surface area contributed by atoms with E-state index in [2.05, 4.69) is 21.2 Å². The summed E-state index contributed by atoms with van der Waals surface area (Å²) in [5.41, 5.74) is -0.737. The Balaban J connectivity index is 3.22. The molecule has 5 heteroatoms. The summed E-state index contributed by atoms with van der Waals surface area (Å²) in [5, 5.41) is 12.5. The maximum atomic E-state index is 13.1. The molecule has 1 aromatic rings. The topological polar surface area (TPSA) is 49.3 Å². The van der Waals surface area contributed by atoms with Gasteiger partial charge in [-0.2, -0.15) is 0 Å². The molecule has 2 unspecified atom stereocenters. The molecule has 1 rings (SSSR count). The average molecular weight is 318 g/mol. The van der Waals surface area contributed by atoms with E-state index in [-0.39, 0.29) is 6.04 Å². The molecule has 0 fully saturated rings. The van der Waals surface area contributed by atoms with E-state index in [4.69, 9.17) is 0 Å². The third-order valence-corrected chi connectivity index (χ3v) is 3.70. The number of rotatable bonds is 5. The van der Waals surface area contributed by atoms with Crippen molar-refractivity contribution in [2.75, 3.05) is 0 Å². The highest BCUT2D eigenvalue weighted by atomic mass is 79.9. The van der Waals surface area contributed by atoms with Crippen LogP contribution in [0.25, 0.3) is 0 Å². The van der Waals surface area contributed by atoms with Crippen LogP contribution in [0.3, 0.4) is 0 Å². The van der Waals surface area contributed by atoms with Gasteiger partial charge in [-0.25, -0.2) is 9.18 Å². The molecule has 2 atom stereocenters. The van der Waals surface area contributed by atoms with Crippen molar-refractivity contribution in [3.05, 3.63) is 34.1 Å². The quantitative estimate of drug-likeness (QED) is 0.876. The van der Waals surface area contributed by atoms with Crippen molar-refractivity contribution in [1.29, 1.82) is 0 Å². The van der Waals surface area contributed by atoms with Gasteiger partial charge in [0.1, 0.15) is 11.4 Å². The molecule has 0 aromatic heterocycles. The lowest BCUT2D eigenvalue weighted by Crippen LogP contribution is -2.50. The minimum atomic E-state index is -1.25. The van der Waals surface area contributed by atoms with Gasteiger partial charge in [0.25, 0.3) is 0 Å². The first-order valence-electron chi connectivity index (χ1n) is 5.78. The first-order valence-corrected chi connectivity index (χ1v) is 6.57. The molecule has 0 heterocycles. The van der Waals surface area contributed by atoms with Crippen molar-refractivity contribution in [2.24, 2.45) is 0 Å². The fourth-order valence-corrected chi connectivity index (χ4v) is 2.49. The van der Waals surface area contributed by atoms with Crippen molar-refractivity contribution in [2.45, 2.75) is 38.8 Å². The SMILES string of the molecule is CCC(C)NC(C)(C(=O)O)c1ccc(F)cc1Br. The number of aliphatic carboxylic acids is 1. The number of carboxylic acid groups (broad SMARTS) is 1. The Morgan fingerprint density at radius 2 is 2.22 bits per heavy atom. The summed E-state index contributed by atoms with van der Waals surface area (Å²) in [6.07, 6.45) is 0.807. The number of nitrogens with one attached hydrogen (secondary N) is 1. The fourth-order valence-electron chi connectivity index (χ4n) is 1.74. The van der Waals surface area contributed by atoms with Gasteiger partial charge in [-0.15, -0.1) is 0 Å². The van der Waals surface area contributed by atoms with Gasteiger partial charge in [0.15, 0.2) is 0 Å². The summed E-state index contributed by atoms with van der Waals surface area (Å²) in [6.45, 7) is 5.47. The van der Waals surface area contributed by atoms with Crippen LogP contribution in [0.15, 0.2) is 22.7 Å². The lowest BCUT2D eigenvalue weighted by molar-refractivity contribution is -0.145. The van der Waals surface area contributed by atoms with E-state index in [1.807, 2.05) is 13.8 Å². The van der Waals surface area contributed by atoms with Crippen LogP contribution >= 0.6 is 15.9 Å². The highest BCUT2D eigenvalue weighted by Crippen LogP contribution is 2.30. The van der Waals surface area contributed by atoms with Gasteiger partial charge < -0.3 is 5.11 Å². The van der Waals surface area contributed by atoms with Crippen molar-refractivity contribution in [3.63, 3.8) is 0 Å². The largest absolute Gasteiger partial charge is 0.480 e. The molecule has 0 bridgehead atoms. The predicted molar refractivity (Wildman–Crippen MR) is 72.0 cm³/mol. The minimum absolute atomic E-state index is 0.0445. The second-order valence-corrected chi connectivity index (χ2v) is 5.36. The van der Waals surface area contributed by atoms with Crippen LogP contribution in [-0.4, -0.2) is 17.1 Å². The Hall–Kier alpha value is -0.940. The van der Waals surface area contributed by atoms with Crippen LogP contribution in [0.5, 0.6) is 0 Å². The van der Waals surface area contributed by atoms with Gasteiger partial charge in [-0.1, -0.05) is 28.9 Å².